The molecule has 3 N–H and O–H groups in total. The molecule has 1 saturated heterocycles. The van der Waals surface area contributed by atoms with E-state index in [1.54, 1.807) is 0 Å². The molecule has 1 atom stereocenters. The number of benzene rings is 1. The highest BCUT2D eigenvalue weighted by Crippen LogP contribution is 2.37. The lowest BCUT2D eigenvalue weighted by Gasteiger charge is -2.30. The number of hydrogen-bond acceptors (Lipinski definition) is 6. The SMILES string of the molecule is O=C(NCCC(F)(F)F)C1CCc2[nH]c3ncnc(Nc4ccccc4N4CCOCC4)c3c2C1. The lowest BCUT2D eigenvalue weighted by Crippen LogP contribution is -2.36. The Bertz CT molecular complexity index is 1210. The van der Waals surface area contributed by atoms with Crippen LogP contribution in [0.5, 0.6) is 0 Å². The first kappa shape index (κ1) is 23.4. The van der Waals surface area contributed by atoms with E-state index in [4.69, 9.17) is 4.74 Å². The molecule has 2 aliphatic rings. The smallest absolute Gasteiger partial charge is 0.378 e. The van der Waals surface area contributed by atoms with Crippen molar-refractivity contribution in [2.75, 3.05) is 43.1 Å². The van der Waals surface area contributed by atoms with Crippen LogP contribution in [0.1, 0.15) is 24.1 Å². The van der Waals surface area contributed by atoms with Gasteiger partial charge in [-0.05, 0) is 37.0 Å². The number of carbonyl (C=O) groups excluding carboxylic acids is 1. The highest BCUT2D eigenvalue weighted by atomic mass is 19.4. The molecular weight excluding hydrogens is 461 g/mol. The Balaban J connectivity index is 1.39. The number of fused-ring (bicyclic) bond motifs is 3. The molecule has 0 radical (unpaired) electrons. The van der Waals surface area contributed by atoms with E-state index < -0.39 is 25.1 Å². The molecular formula is C24H27F3N6O2. The number of H-pyrrole nitrogens is 1. The fourth-order valence-corrected chi connectivity index (χ4v) is 4.82. The van der Waals surface area contributed by atoms with Gasteiger partial charge in [0.1, 0.15) is 17.8 Å². The number of aromatic nitrogens is 3. The number of anilines is 3. The number of halogens is 3. The van der Waals surface area contributed by atoms with E-state index in [0.717, 1.165) is 41.1 Å². The lowest BCUT2D eigenvalue weighted by atomic mass is 9.86. The Morgan fingerprint density at radius 2 is 2.00 bits per heavy atom. The molecule has 1 amide bonds. The summed E-state index contributed by atoms with van der Waals surface area (Å²) in [5, 5.41) is 6.72. The summed E-state index contributed by atoms with van der Waals surface area (Å²) in [6.45, 7) is 2.52. The first-order valence-corrected chi connectivity index (χ1v) is 11.8. The summed E-state index contributed by atoms with van der Waals surface area (Å²) in [6.07, 6.45) is -2.24. The predicted molar refractivity (Wildman–Crippen MR) is 126 cm³/mol. The highest BCUT2D eigenvalue weighted by molar-refractivity contribution is 5.95. The zero-order valence-corrected chi connectivity index (χ0v) is 19.1. The summed E-state index contributed by atoms with van der Waals surface area (Å²) < 4.78 is 42.9. The van der Waals surface area contributed by atoms with Crippen molar-refractivity contribution in [1.82, 2.24) is 20.3 Å². The second-order valence-electron chi connectivity index (χ2n) is 8.87. The molecule has 11 heteroatoms. The van der Waals surface area contributed by atoms with Crippen LogP contribution in [-0.4, -0.2) is 59.9 Å². The summed E-state index contributed by atoms with van der Waals surface area (Å²) in [7, 11) is 0. The van der Waals surface area contributed by atoms with Gasteiger partial charge < -0.3 is 25.3 Å². The van der Waals surface area contributed by atoms with Crippen molar-refractivity contribution in [2.24, 2.45) is 5.92 Å². The van der Waals surface area contributed by atoms with Crippen LogP contribution in [0.3, 0.4) is 0 Å². The summed E-state index contributed by atoms with van der Waals surface area (Å²) >= 11 is 0. The number of para-hydroxylation sites is 2. The van der Waals surface area contributed by atoms with Crippen LogP contribution in [0.15, 0.2) is 30.6 Å². The van der Waals surface area contributed by atoms with Gasteiger partial charge in [0.2, 0.25) is 5.91 Å². The highest BCUT2D eigenvalue weighted by Gasteiger charge is 2.31. The number of rotatable bonds is 6. The van der Waals surface area contributed by atoms with Gasteiger partial charge in [0.15, 0.2) is 0 Å². The largest absolute Gasteiger partial charge is 0.390 e. The topological polar surface area (TPSA) is 95.2 Å². The number of amides is 1. The van der Waals surface area contributed by atoms with E-state index in [-0.39, 0.29) is 5.91 Å². The van der Waals surface area contributed by atoms with E-state index in [1.807, 2.05) is 18.2 Å². The maximum atomic E-state index is 12.6. The van der Waals surface area contributed by atoms with E-state index in [0.29, 0.717) is 43.9 Å². The number of nitrogens with zero attached hydrogens (tertiary/aromatic N) is 3. The van der Waals surface area contributed by atoms with Crippen molar-refractivity contribution in [3.63, 3.8) is 0 Å². The van der Waals surface area contributed by atoms with Crippen molar-refractivity contribution in [1.29, 1.82) is 0 Å². The van der Waals surface area contributed by atoms with Gasteiger partial charge in [0.05, 0.1) is 36.4 Å². The number of aromatic amines is 1. The van der Waals surface area contributed by atoms with Crippen molar-refractivity contribution in [2.45, 2.75) is 31.9 Å². The third-order valence-electron chi connectivity index (χ3n) is 6.56. The maximum absolute atomic E-state index is 12.6. The van der Waals surface area contributed by atoms with Crippen molar-refractivity contribution in [3.05, 3.63) is 41.9 Å². The fourth-order valence-electron chi connectivity index (χ4n) is 4.82. The minimum Gasteiger partial charge on any atom is -0.378 e. The van der Waals surface area contributed by atoms with Crippen molar-refractivity contribution < 1.29 is 22.7 Å². The van der Waals surface area contributed by atoms with Gasteiger partial charge in [0, 0.05) is 31.2 Å². The molecule has 3 aromatic rings. The van der Waals surface area contributed by atoms with Gasteiger partial charge in [-0.3, -0.25) is 4.79 Å². The zero-order valence-electron chi connectivity index (χ0n) is 19.1. The number of morpholine rings is 1. The molecule has 35 heavy (non-hydrogen) atoms. The van der Waals surface area contributed by atoms with E-state index in [1.165, 1.54) is 6.33 Å². The Morgan fingerprint density at radius 1 is 1.20 bits per heavy atom. The molecule has 1 fully saturated rings. The van der Waals surface area contributed by atoms with Crippen LogP contribution in [0.4, 0.5) is 30.4 Å². The third-order valence-corrected chi connectivity index (χ3v) is 6.56. The van der Waals surface area contributed by atoms with Crippen LogP contribution >= 0.6 is 0 Å². The third kappa shape index (κ3) is 5.19. The van der Waals surface area contributed by atoms with E-state index >= 15 is 0 Å². The average molecular weight is 489 g/mol. The van der Waals surface area contributed by atoms with E-state index in [2.05, 4.69) is 36.6 Å². The lowest BCUT2D eigenvalue weighted by molar-refractivity contribution is -0.136. The molecule has 1 aliphatic carbocycles. The van der Waals surface area contributed by atoms with E-state index in [9.17, 15) is 18.0 Å². The van der Waals surface area contributed by atoms with Gasteiger partial charge in [-0.2, -0.15) is 13.2 Å². The summed E-state index contributed by atoms with van der Waals surface area (Å²) in [5.74, 6) is -0.118. The van der Waals surface area contributed by atoms with Crippen molar-refractivity contribution >= 4 is 34.1 Å². The van der Waals surface area contributed by atoms with Crippen LogP contribution < -0.4 is 15.5 Å². The Labute approximate surface area is 200 Å². The Morgan fingerprint density at radius 3 is 2.80 bits per heavy atom. The Kier molecular flexibility index (Phi) is 6.50. The number of ether oxygens (including phenoxy) is 1. The second-order valence-corrected chi connectivity index (χ2v) is 8.87. The second kappa shape index (κ2) is 9.73. The van der Waals surface area contributed by atoms with Crippen LogP contribution in [0.2, 0.25) is 0 Å². The standard InChI is InChI=1S/C24H27F3N6O2/c25-24(26,27)7-8-28-23(34)15-5-6-17-16(13-15)20-21(31-17)29-14-30-22(20)32-18-3-1-2-4-19(18)33-9-11-35-12-10-33/h1-4,14-15H,5-13H2,(H,28,34)(H2,29,30,31,32). The molecule has 0 spiro atoms. The molecule has 1 aliphatic heterocycles. The number of carbonyl (C=O) groups is 1. The molecule has 8 nitrogen and oxygen atoms in total. The summed E-state index contributed by atoms with van der Waals surface area (Å²) in [5.41, 5.74) is 4.56. The average Bonchev–Trinajstić information content (AvgIpc) is 3.23. The molecule has 0 saturated carbocycles. The molecule has 186 valence electrons. The first-order chi connectivity index (χ1) is 16.9. The van der Waals surface area contributed by atoms with Gasteiger partial charge in [-0.25, -0.2) is 9.97 Å². The molecule has 5 rings (SSSR count). The van der Waals surface area contributed by atoms with Gasteiger partial charge in [0.25, 0.3) is 0 Å². The molecule has 2 aromatic heterocycles. The Hall–Kier alpha value is -3.34. The van der Waals surface area contributed by atoms with Gasteiger partial charge >= 0.3 is 6.18 Å². The minimum atomic E-state index is -4.29. The van der Waals surface area contributed by atoms with Crippen LogP contribution in [-0.2, 0) is 22.4 Å². The van der Waals surface area contributed by atoms with Gasteiger partial charge in [-0.1, -0.05) is 12.1 Å². The van der Waals surface area contributed by atoms with Gasteiger partial charge in [-0.15, -0.1) is 0 Å². The number of hydrogen-bond donors (Lipinski definition) is 3. The molecule has 3 heterocycles. The zero-order chi connectivity index (χ0) is 24.4. The minimum absolute atomic E-state index is 0.349. The van der Waals surface area contributed by atoms with Crippen LogP contribution in [0.25, 0.3) is 11.0 Å². The molecule has 0 bridgehead atoms. The number of alkyl halides is 3. The van der Waals surface area contributed by atoms with Crippen LogP contribution in [0, 0.1) is 5.92 Å². The quantitative estimate of drug-likeness (QED) is 0.490. The summed E-state index contributed by atoms with van der Waals surface area (Å²) in [6, 6.07) is 8.00. The fraction of sp³-hybridized carbons (Fsp3) is 0.458. The molecule has 1 aromatic carbocycles. The maximum Gasteiger partial charge on any atom is 0.390 e. The number of nitrogens with one attached hydrogen (secondary N) is 3. The molecule has 1 unspecified atom stereocenters. The normalized spacial score (nSPS) is 18.4. The number of aryl methyl sites for hydroxylation is 1. The monoisotopic (exact) mass is 488 g/mol. The predicted octanol–water partition coefficient (Wildman–Crippen LogP) is 3.71. The van der Waals surface area contributed by atoms with Crippen molar-refractivity contribution in [3.8, 4) is 0 Å². The summed E-state index contributed by atoms with van der Waals surface area (Å²) in [4.78, 5) is 27.1. The first-order valence-electron chi connectivity index (χ1n) is 11.8.